The minimum atomic E-state index is -0.940. The molecule has 0 heterocycles. The van der Waals surface area contributed by atoms with Gasteiger partial charge in [-0.2, -0.15) is 0 Å². The van der Waals surface area contributed by atoms with Crippen LogP contribution in [0.15, 0.2) is 18.2 Å². The number of aliphatic hydroxyl groups excluding tert-OH is 1. The minimum absolute atomic E-state index is 0.283. The standard InChI is InChI=1S/C19H27NO4/c1-20-18(21)8-7-12-5-6-14-10-16-13(9-15(12)14)3-2-4-17(16)24-11-19(22)23/h2-4,12,14-15,18,20-21H,5-11H2,1H3,(H,22,23). The highest BCUT2D eigenvalue weighted by Crippen LogP contribution is 2.48. The number of carboxylic acid groups (broad SMARTS) is 1. The molecule has 0 amide bonds. The zero-order valence-corrected chi connectivity index (χ0v) is 14.2. The summed E-state index contributed by atoms with van der Waals surface area (Å²) in [5.74, 6) is 1.81. The average Bonchev–Trinajstić information content (AvgIpc) is 2.97. The van der Waals surface area contributed by atoms with Gasteiger partial charge in [0.15, 0.2) is 6.61 Å². The van der Waals surface area contributed by atoms with E-state index in [1.54, 1.807) is 7.05 Å². The van der Waals surface area contributed by atoms with Gasteiger partial charge in [-0.05, 0) is 80.5 Å². The highest BCUT2D eigenvalue weighted by Gasteiger charge is 2.39. The van der Waals surface area contributed by atoms with Crippen LogP contribution in [-0.2, 0) is 17.6 Å². The quantitative estimate of drug-likeness (QED) is 0.667. The third kappa shape index (κ3) is 3.73. The minimum Gasteiger partial charge on any atom is -0.482 e. The monoisotopic (exact) mass is 333 g/mol. The average molecular weight is 333 g/mol. The number of carbonyl (C=O) groups is 1. The normalized spacial score (nSPS) is 26.5. The molecule has 5 nitrogen and oxygen atoms in total. The number of aliphatic hydroxyl groups is 1. The molecule has 1 saturated carbocycles. The highest BCUT2D eigenvalue weighted by atomic mass is 16.5. The van der Waals surface area contributed by atoms with Crippen LogP contribution in [0.25, 0.3) is 0 Å². The van der Waals surface area contributed by atoms with E-state index in [0.717, 1.165) is 31.4 Å². The van der Waals surface area contributed by atoms with Crippen molar-refractivity contribution in [2.75, 3.05) is 13.7 Å². The van der Waals surface area contributed by atoms with Gasteiger partial charge in [-0.1, -0.05) is 12.1 Å². The lowest BCUT2D eigenvalue weighted by Crippen LogP contribution is -2.28. The Bertz CT molecular complexity index is 589. The molecule has 4 atom stereocenters. The third-order valence-electron chi connectivity index (χ3n) is 5.77. The van der Waals surface area contributed by atoms with Crippen molar-refractivity contribution in [3.8, 4) is 5.75 Å². The number of fused-ring (bicyclic) bond motifs is 2. The summed E-state index contributed by atoms with van der Waals surface area (Å²) < 4.78 is 5.49. The van der Waals surface area contributed by atoms with E-state index in [-0.39, 0.29) is 6.61 Å². The van der Waals surface area contributed by atoms with Gasteiger partial charge in [0, 0.05) is 0 Å². The number of hydrogen-bond acceptors (Lipinski definition) is 4. The van der Waals surface area contributed by atoms with Crippen LogP contribution in [0, 0.1) is 17.8 Å². The van der Waals surface area contributed by atoms with Crippen molar-refractivity contribution in [2.24, 2.45) is 17.8 Å². The van der Waals surface area contributed by atoms with Crippen LogP contribution >= 0.6 is 0 Å². The van der Waals surface area contributed by atoms with Gasteiger partial charge < -0.3 is 14.9 Å². The maximum Gasteiger partial charge on any atom is 0.341 e. The lowest BCUT2D eigenvalue weighted by Gasteiger charge is -2.32. The predicted molar refractivity (Wildman–Crippen MR) is 91.0 cm³/mol. The summed E-state index contributed by atoms with van der Waals surface area (Å²) in [6.45, 7) is -0.283. The summed E-state index contributed by atoms with van der Waals surface area (Å²) in [6, 6.07) is 6.00. The highest BCUT2D eigenvalue weighted by molar-refractivity contribution is 5.68. The van der Waals surface area contributed by atoms with Crippen molar-refractivity contribution in [1.82, 2.24) is 5.32 Å². The second-order valence-electron chi connectivity index (χ2n) is 7.13. The SMILES string of the molecule is CNC(O)CCC1CCC2Cc3c(cccc3OCC(=O)O)CC12. The van der Waals surface area contributed by atoms with E-state index in [1.165, 1.54) is 24.0 Å². The molecule has 1 aromatic rings. The Hall–Kier alpha value is -1.59. The molecule has 2 aliphatic carbocycles. The summed E-state index contributed by atoms with van der Waals surface area (Å²) in [5, 5.41) is 21.5. The summed E-state index contributed by atoms with van der Waals surface area (Å²) in [6.07, 6.45) is 5.94. The summed E-state index contributed by atoms with van der Waals surface area (Å²) in [7, 11) is 1.79. The van der Waals surface area contributed by atoms with E-state index >= 15 is 0 Å². The molecule has 2 aliphatic rings. The van der Waals surface area contributed by atoms with Crippen LogP contribution in [-0.4, -0.2) is 36.1 Å². The Kier molecular flexibility index (Phi) is 5.41. The molecular formula is C19H27NO4. The second-order valence-corrected chi connectivity index (χ2v) is 7.13. The van der Waals surface area contributed by atoms with E-state index in [1.807, 2.05) is 12.1 Å². The fraction of sp³-hybridized carbons (Fsp3) is 0.632. The van der Waals surface area contributed by atoms with Crippen LogP contribution in [0.5, 0.6) is 5.75 Å². The Labute approximate surface area is 143 Å². The molecule has 1 fully saturated rings. The lowest BCUT2D eigenvalue weighted by molar-refractivity contribution is -0.139. The molecule has 1 aromatic carbocycles. The number of rotatable bonds is 7. The first kappa shape index (κ1) is 17.2. The summed E-state index contributed by atoms with van der Waals surface area (Å²) in [5.41, 5.74) is 2.51. The van der Waals surface area contributed by atoms with Crippen LogP contribution < -0.4 is 10.1 Å². The molecule has 0 radical (unpaired) electrons. The first-order valence-electron chi connectivity index (χ1n) is 8.89. The zero-order valence-electron chi connectivity index (χ0n) is 14.2. The number of nitrogens with one attached hydrogen (secondary N) is 1. The Morgan fingerprint density at radius 1 is 1.38 bits per heavy atom. The van der Waals surface area contributed by atoms with Crippen LogP contribution in [0.4, 0.5) is 0 Å². The Morgan fingerprint density at radius 3 is 2.96 bits per heavy atom. The first-order chi connectivity index (χ1) is 11.6. The van der Waals surface area contributed by atoms with Crippen molar-refractivity contribution in [2.45, 2.75) is 44.8 Å². The zero-order chi connectivity index (χ0) is 17.1. The van der Waals surface area contributed by atoms with E-state index in [4.69, 9.17) is 9.84 Å². The fourth-order valence-electron chi connectivity index (χ4n) is 4.53. The topological polar surface area (TPSA) is 78.8 Å². The van der Waals surface area contributed by atoms with Crippen LogP contribution in [0.1, 0.15) is 36.8 Å². The molecule has 24 heavy (non-hydrogen) atoms. The van der Waals surface area contributed by atoms with E-state index in [9.17, 15) is 9.90 Å². The molecule has 3 N–H and O–H groups in total. The molecule has 0 aliphatic heterocycles. The molecule has 0 saturated heterocycles. The maximum atomic E-state index is 10.8. The lowest BCUT2D eigenvalue weighted by atomic mass is 9.74. The molecular weight excluding hydrogens is 306 g/mol. The second kappa shape index (κ2) is 7.53. The molecule has 4 unspecified atom stereocenters. The number of ether oxygens (including phenoxy) is 1. The van der Waals surface area contributed by atoms with E-state index in [2.05, 4.69) is 11.4 Å². The molecule has 0 aromatic heterocycles. The van der Waals surface area contributed by atoms with Gasteiger partial charge >= 0.3 is 5.97 Å². The van der Waals surface area contributed by atoms with E-state index < -0.39 is 12.2 Å². The first-order valence-corrected chi connectivity index (χ1v) is 8.89. The Balaban J connectivity index is 1.69. The molecule has 3 rings (SSSR count). The fourth-order valence-corrected chi connectivity index (χ4v) is 4.53. The molecule has 132 valence electrons. The van der Waals surface area contributed by atoms with E-state index in [0.29, 0.717) is 17.8 Å². The van der Waals surface area contributed by atoms with Crippen molar-refractivity contribution in [3.05, 3.63) is 29.3 Å². The summed E-state index contributed by atoms with van der Waals surface area (Å²) in [4.78, 5) is 10.8. The van der Waals surface area contributed by atoms with Gasteiger partial charge in [0.05, 0.1) is 0 Å². The van der Waals surface area contributed by atoms with Crippen LogP contribution in [0.3, 0.4) is 0 Å². The summed E-state index contributed by atoms with van der Waals surface area (Å²) >= 11 is 0. The predicted octanol–water partition coefficient (Wildman–Crippen LogP) is 2.21. The maximum absolute atomic E-state index is 10.8. The van der Waals surface area contributed by atoms with Gasteiger partial charge in [-0.25, -0.2) is 4.79 Å². The number of benzene rings is 1. The number of carboxylic acids is 1. The third-order valence-corrected chi connectivity index (χ3v) is 5.77. The largest absolute Gasteiger partial charge is 0.482 e. The number of aliphatic carboxylic acids is 1. The molecule has 5 heteroatoms. The smallest absolute Gasteiger partial charge is 0.341 e. The number of hydrogen-bond donors (Lipinski definition) is 3. The van der Waals surface area contributed by atoms with Crippen molar-refractivity contribution < 1.29 is 19.7 Å². The van der Waals surface area contributed by atoms with Gasteiger partial charge in [0.25, 0.3) is 0 Å². The van der Waals surface area contributed by atoms with Gasteiger partial charge in [0.2, 0.25) is 0 Å². The van der Waals surface area contributed by atoms with Gasteiger partial charge in [-0.15, -0.1) is 0 Å². The van der Waals surface area contributed by atoms with Crippen LogP contribution in [0.2, 0.25) is 0 Å². The molecule has 0 bridgehead atoms. The van der Waals surface area contributed by atoms with Gasteiger partial charge in [0.1, 0.15) is 12.0 Å². The van der Waals surface area contributed by atoms with Gasteiger partial charge in [-0.3, -0.25) is 5.32 Å². The van der Waals surface area contributed by atoms with Crippen molar-refractivity contribution >= 4 is 5.97 Å². The van der Waals surface area contributed by atoms with Crippen molar-refractivity contribution in [3.63, 3.8) is 0 Å². The van der Waals surface area contributed by atoms with Crippen molar-refractivity contribution in [1.29, 1.82) is 0 Å². The molecule has 0 spiro atoms. The Morgan fingerprint density at radius 2 is 2.21 bits per heavy atom.